The Kier molecular flexibility index (Phi) is 5.42. The summed E-state index contributed by atoms with van der Waals surface area (Å²) in [5.74, 6) is 1.61. The summed E-state index contributed by atoms with van der Waals surface area (Å²) in [6.07, 6.45) is 1.68. The molecule has 164 valence electrons. The number of furan rings is 1. The number of para-hydroxylation sites is 1. The molecule has 1 aromatic heterocycles. The van der Waals surface area contributed by atoms with E-state index < -0.39 is 10.0 Å². The van der Waals surface area contributed by atoms with Gasteiger partial charge in [0, 0.05) is 24.2 Å². The second-order valence-electron chi connectivity index (χ2n) is 7.53. The van der Waals surface area contributed by atoms with Crippen LogP contribution in [0.2, 0.25) is 0 Å². The number of ketones is 1. The van der Waals surface area contributed by atoms with Crippen molar-refractivity contribution in [1.29, 1.82) is 0 Å². The molecule has 0 saturated carbocycles. The minimum absolute atomic E-state index is 0.0810. The fourth-order valence-corrected chi connectivity index (χ4v) is 5.17. The van der Waals surface area contributed by atoms with Gasteiger partial charge in [-0.1, -0.05) is 12.1 Å². The molecule has 0 unspecified atom stereocenters. The van der Waals surface area contributed by atoms with Crippen molar-refractivity contribution in [1.82, 2.24) is 4.31 Å². The summed E-state index contributed by atoms with van der Waals surface area (Å²) in [6, 6.07) is 17.3. The summed E-state index contributed by atoms with van der Waals surface area (Å²) >= 11 is 0. The SMILES string of the molecule is O=C1C(=Cc2ccc(-c3ccc(S(=O)(=O)N4CCOCC4)cc3)o2)COc2ccccc21. The molecule has 2 aliphatic heterocycles. The molecular formula is C24H21NO6S. The number of hydrogen-bond acceptors (Lipinski definition) is 6. The summed E-state index contributed by atoms with van der Waals surface area (Å²) in [5.41, 5.74) is 1.79. The third kappa shape index (κ3) is 3.88. The number of nitrogens with zero attached hydrogens (tertiary/aromatic N) is 1. The van der Waals surface area contributed by atoms with Crippen molar-refractivity contribution in [3.05, 3.63) is 77.6 Å². The molecule has 0 bridgehead atoms. The van der Waals surface area contributed by atoms with E-state index in [0.717, 1.165) is 5.56 Å². The smallest absolute Gasteiger partial charge is 0.243 e. The molecule has 0 atom stereocenters. The molecule has 7 nitrogen and oxygen atoms in total. The van der Waals surface area contributed by atoms with E-state index >= 15 is 0 Å². The lowest BCUT2D eigenvalue weighted by Gasteiger charge is -2.26. The lowest BCUT2D eigenvalue weighted by Crippen LogP contribution is -2.40. The molecule has 0 spiro atoms. The molecule has 3 aromatic rings. The number of morpholine rings is 1. The van der Waals surface area contributed by atoms with E-state index in [1.807, 2.05) is 6.07 Å². The van der Waals surface area contributed by atoms with Crippen molar-refractivity contribution in [2.75, 3.05) is 32.9 Å². The quantitative estimate of drug-likeness (QED) is 0.563. The fourth-order valence-electron chi connectivity index (χ4n) is 3.77. The Bertz CT molecular complexity index is 1280. The van der Waals surface area contributed by atoms with Gasteiger partial charge in [-0.3, -0.25) is 4.79 Å². The number of sulfonamides is 1. The molecule has 2 aromatic carbocycles. The van der Waals surface area contributed by atoms with E-state index in [-0.39, 0.29) is 17.3 Å². The Morgan fingerprint density at radius 3 is 2.44 bits per heavy atom. The molecule has 5 rings (SSSR count). The maximum absolute atomic E-state index is 12.8. The molecule has 0 aliphatic carbocycles. The number of carbonyl (C=O) groups is 1. The van der Waals surface area contributed by atoms with E-state index in [4.69, 9.17) is 13.9 Å². The highest BCUT2D eigenvalue weighted by atomic mass is 32.2. The number of fused-ring (bicyclic) bond motifs is 1. The van der Waals surface area contributed by atoms with E-state index in [1.165, 1.54) is 4.31 Å². The van der Waals surface area contributed by atoms with Crippen molar-refractivity contribution in [3.8, 4) is 17.1 Å². The zero-order valence-electron chi connectivity index (χ0n) is 17.2. The zero-order valence-corrected chi connectivity index (χ0v) is 18.0. The number of carbonyl (C=O) groups excluding carboxylic acids is 1. The molecule has 8 heteroatoms. The summed E-state index contributed by atoms with van der Waals surface area (Å²) < 4.78 is 43.8. The monoisotopic (exact) mass is 451 g/mol. The third-order valence-corrected chi connectivity index (χ3v) is 7.41. The highest BCUT2D eigenvalue weighted by molar-refractivity contribution is 7.89. The van der Waals surface area contributed by atoms with Crippen LogP contribution in [0.5, 0.6) is 5.75 Å². The van der Waals surface area contributed by atoms with Crippen molar-refractivity contribution in [2.45, 2.75) is 4.90 Å². The van der Waals surface area contributed by atoms with Crippen LogP contribution >= 0.6 is 0 Å². The molecule has 0 radical (unpaired) electrons. The summed E-state index contributed by atoms with van der Waals surface area (Å²) in [7, 11) is -3.54. The Balaban J connectivity index is 1.35. The van der Waals surface area contributed by atoms with Crippen LogP contribution in [0, 0.1) is 0 Å². The van der Waals surface area contributed by atoms with Crippen LogP contribution in [0.1, 0.15) is 16.1 Å². The maximum Gasteiger partial charge on any atom is 0.243 e. The van der Waals surface area contributed by atoms with Crippen LogP contribution in [-0.4, -0.2) is 51.4 Å². The number of ether oxygens (including phenoxy) is 2. The summed E-state index contributed by atoms with van der Waals surface area (Å²) in [5, 5.41) is 0. The lowest BCUT2D eigenvalue weighted by molar-refractivity contribution is 0.0730. The Labute approximate surface area is 185 Å². The predicted molar refractivity (Wildman–Crippen MR) is 118 cm³/mol. The van der Waals surface area contributed by atoms with Gasteiger partial charge in [0.15, 0.2) is 5.78 Å². The highest BCUT2D eigenvalue weighted by Gasteiger charge is 2.26. The van der Waals surface area contributed by atoms with Crippen LogP contribution in [0.4, 0.5) is 0 Å². The maximum atomic E-state index is 12.8. The number of benzene rings is 2. The first-order valence-electron chi connectivity index (χ1n) is 10.3. The summed E-state index contributed by atoms with van der Waals surface area (Å²) in [4.78, 5) is 12.9. The van der Waals surface area contributed by atoms with E-state index in [0.29, 0.717) is 54.7 Å². The van der Waals surface area contributed by atoms with Gasteiger partial charge in [0.25, 0.3) is 0 Å². The molecule has 0 N–H and O–H groups in total. The molecule has 2 aliphatic rings. The molecule has 3 heterocycles. The second-order valence-corrected chi connectivity index (χ2v) is 9.46. The van der Waals surface area contributed by atoms with E-state index in [9.17, 15) is 13.2 Å². The van der Waals surface area contributed by atoms with Gasteiger partial charge in [-0.05, 0) is 54.6 Å². The lowest BCUT2D eigenvalue weighted by atomic mass is 10.00. The number of rotatable bonds is 4. The Morgan fingerprint density at radius 2 is 1.66 bits per heavy atom. The highest BCUT2D eigenvalue weighted by Crippen LogP contribution is 2.30. The van der Waals surface area contributed by atoms with Crippen LogP contribution in [0.15, 0.2) is 75.5 Å². The minimum Gasteiger partial charge on any atom is -0.488 e. The second kappa shape index (κ2) is 8.38. The molecule has 1 fully saturated rings. The van der Waals surface area contributed by atoms with Gasteiger partial charge < -0.3 is 13.9 Å². The third-order valence-electron chi connectivity index (χ3n) is 5.50. The molecule has 1 saturated heterocycles. The van der Waals surface area contributed by atoms with Crippen molar-refractivity contribution < 1.29 is 27.1 Å². The van der Waals surface area contributed by atoms with Gasteiger partial charge >= 0.3 is 0 Å². The standard InChI is InChI=1S/C24H21NO6S/c26-24-18(16-30-23-4-2-1-3-21(23)24)15-19-7-10-22(31-19)17-5-8-20(9-6-17)32(27,28)25-11-13-29-14-12-25/h1-10,15H,11-14,16H2. The van der Waals surface area contributed by atoms with Crippen molar-refractivity contribution in [2.24, 2.45) is 0 Å². The fraction of sp³-hybridized carbons (Fsp3) is 0.208. The normalized spacial score (nSPS) is 18.4. The van der Waals surface area contributed by atoms with Gasteiger partial charge in [-0.15, -0.1) is 0 Å². The first kappa shape index (κ1) is 20.7. The Morgan fingerprint density at radius 1 is 0.906 bits per heavy atom. The average Bonchev–Trinajstić information content (AvgIpc) is 3.30. The Hall–Kier alpha value is -3.20. The van der Waals surface area contributed by atoms with Gasteiger partial charge in [-0.25, -0.2) is 8.42 Å². The topological polar surface area (TPSA) is 86.1 Å². The van der Waals surface area contributed by atoms with Crippen LogP contribution in [0.25, 0.3) is 17.4 Å². The van der Waals surface area contributed by atoms with E-state index in [1.54, 1.807) is 60.7 Å². The first-order valence-corrected chi connectivity index (χ1v) is 11.7. The predicted octanol–water partition coefficient (Wildman–Crippen LogP) is 3.63. The molecular weight excluding hydrogens is 430 g/mol. The van der Waals surface area contributed by atoms with Crippen LogP contribution < -0.4 is 4.74 Å². The van der Waals surface area contributed by atoms with Gasteiger partial charge in [0.05, 0.1) is 23.7 Å². The largest absolute Gasteiger partial charge is 0.488 e. The van der Waals surface area contributed by atoms with Crippen LogP contribution in [-0.2, 0) is 14.8 Å². The van der Waals surface area contributed by atoms with E-state index in [2.05, 4.69) is 0 Å². The zero-order chi connectivity index (χ0) is 22.1. The average molecular weight is 452 g/mol. The number of Topliss-reactive ketones (excluding diaryl/α,β-unsaturated/α-hetero) is 1. The van der Waals surface area contributed by atoms with Crippen LogP contribution in [0.3, 0.4) is 0 Å². The van der Waals surface area contributed by atoms with Crippen molar-refractivity contribution in [3.63, 3.8) is 0 Å². The minimum atomic E-state index is -3.54. The summed E-state index contributed by atoms with van der Waals surface area (Å²) in [6.45, 7) is 1.70. The molecule has 32 heavy (non-hydrogen) atoms. The van der Waals surface area contributed by atoms with Gasteiger partial charge in [0.2, 0.25) is 10.0 Å². The van der Waals surface area contributed by atoms with Gasteiger partial charge in [0.1, 0.15) is 23.9 Å². The molecule has 0 amide bonds. The van der Waals surface area contributed by atoms with Crippen molar-refractivity contribution >= 4 is 21.9 Å². The first-order chi connectivity index (χ1) is 15.5. The number of hydrogen-bond donors (Lipinski definition) is 0. The van der Waals surface area contributed by atoms with Gasteiger partial charge in [-0.2, -0.15) is 4.31 Å².